The lowest BCUT2D eigenvalue weighted by Crippen LogP contribution is -2.20. The average Bonchev–Trinajstić information content (AvgIpc) is 3.18. The van der Waals surface area contributed by atoms with Crippen LogP contribution in [0, 0.1) is 6.92 Å². The molecular formula is C23H20F3N5O3. The molecule has 0 bridgehead atoms. The van der Waals surface area contributed by atoms with E-state index in [1.54, 1.807) is 26.2 Å². The molecule has 8 nitrogen and oxygen atoms in total. The maximum absolute atomic E-state index is 13.3. The molecule has 4 rings (SSSR count). The zero-order valence-electron chi connectivity index (χ0n) is 18.5. The summed E-state index contributed by atoms with van der Waals surface area (Å²) in [7, 11) is 3.09. The lowest BCUT2D eigenvalue weighted by Gasteiger charge is -2.13. The van der Waals surface area contributed by atoms with Gasteiger partial charge in [0.05, 0.1) is 41.9 Å². The van der Waals surface area contributed by atoms with E-state index in [1.807, 2.05) is 12.1 Å². The number of amides is 1. The Hall–Kier alpha value is -3.99. The van der Waals surface area contributed by atoms with Gasteiger partial charge in [-0.3, -0.25) is 4.79 Å². The number of hydrogen-bond donors (Lipinski definition) is 1. The second-order valence-electron chi connectivity index (χ2n) is 7.35. The fourth-order valence-electron chi connectivity index (χ4n) is 3.57. The van der Waals surface area contributed by atoms with Gasteiger partial charge in [0.25, 0.3) is 5.91 Å². The van der Waals surface area contributed by atoms with E-state index in [0.717, 1.165) is 11.6 Å². The topological polar surface area (TPSA) is 90.6 Å². The molecule has 0 saturated heterocycles. The van der Waals surface area contributed by atoms with Gasteiger partial charge in [0.2, 0.25) is 0 Å². The lowest BCUT2D eigenvalue weighted by atomic mass is 10.1. The van der Waals surface area contributed by atoms with E-state index >= 15 is 0 Å². The first kappa shape index (κ1) is 23.2. The van der Waals surface area contributed by atoms with E-state index in [1.165, 1.54) is 29.8 Å². The minimum Gasteiger partial charge on any atom is -0.497 e. The van der Waals surface area contributed by atoms with E-state index in [0.29, 0.717) is 28.3 Å². The molecule has 4 aromatic rings. The molecule has 0 fully saturated rings. The number of aromatic nitrogens is 4. The first-order chi connectivity index (χ1) is 16.2. The summed E-state index contributed by atoms with van der Waals surface area (Å²) in [6.45, 7) is 1.76. The van der Waals surface area contributed by atoms with Crippen molar-refractivity contribution in [2.24, 2.45) is 0 Å². The van der Waals surface area contributed by atoms with Crippen molar-refractivity contribution in [1.82, 2.24) is 19.8 Å². The zero-order chi connectivity index (χ0) is 24.5. The van der Waals surface area contributed by atoms with Crippen molar-refractivity contribution in [3.63, 3.8) is 0 Å². The zero-order valence-corrected chi connectivity index (χ0v) is 18.5. The molecule has 0 unspecified atom stereocenters. The third kappa shape index (κ3) is 4.29. The van der Waals surface area contributed by atoms with Gasteiger partial charge >= 0.3 is 6.18 Å². The fourth-order valence-corrected chi connectivity index (χ4v) is 3.57. The van der Waals surface area contributed by atoms with Crippen LogP contribution in [-0.2, 0) is 17.5 Å². The number of para-hydroxylation sites is 1. The number of carbonyl (C=O) groups is 1. The van der Waals surface area contributed by atoms with Gasteiger partial charge in [-0.05, 0) is 36.8 Å². The number of fused-ring (bicyclic) bond motifs is 1. The number of halogens is 3. The van der Waals surface area contributed by atoms with Crippen LogP contribution in [0.1, 0.15) is 27.4 Å². The molecule has 1 amide bonds. The summed E-state index contributed by atoms with van der Waals surface area (Å²) in [6, 6.07) is 12.0. The molecule has 176 valence electrons. The van der Waals surface area contributed by atoms with Crippen molar-refractivity contribution < 1.29 is 27.4 Å². The molecule has 34 heavy (non-hydrogen) atoms. The normalized spacial score (nSPS) is 11.6. The van der Waals surface area contributed by atoms with Crippen LogP contribution in [0.5, 0.6) is 5.75 Å². The third-order valence-electron chi connectivity index (χ3n) is 5.19. The van der Waals surface area contributed by atoms with Crippen LogP contribution >= 0.6 is 0 Å². The van der Waals surface area contributed by atoms with E-state index in [9.17, 15) is 18.0 Å². The number of anilines is 1. The highest BCUT2D eigenvalue weighted by atomic mass is 19.4. The highest BCUT2D eigenvalue weighted by molar-refractivity contribution is 6.04. The van der Waals surface area contributed by atoms with Crippen LogP contribution < -0.4 is 10.1 Å². The van der Waals surface area contributed by atoms with Crippen LogP contribution in [0.2, 0.25) is 0 Å². The Kier molecular flexibility index (Phi) is 6.20. The fraction of sp³-hybridized carbons (Fsp3) is 0.217. The Morgan fingerprint density at radius 2 is 1.76 bits per heavy atom. The molecule has 11 heteroatoms. The molecule has 0 aliphatic heterocycles. The molecule has 0 atom stereocenters. The van der Waals surface area contributed by atoms with E-state index in [-0.39, 0.29) is 18.0 Å². The van der Waals surface area contributed by atoms with Crippen molar-refractivity contribution in [2.75, 3.05) is 19.5 Å². The molecular weight excluding hydrogens is 451 g/mol. The third-order valence-corrected chi connectivity index (χ3v) is 5.19. The molecule has 2 aromatic heterocycles. The van der Waals surface area contributed by atoms with Gasteiger partial charge in [0, 0.05) is 7.11 Å². The van der Waals surface area contributed by atoms with Gasteiger partial charge in [0.1, 0.15) is 5.75 Å². The number of carbonyl (C=O) groups excluding carboxylic acids is 1. The van der Waals surface area contributed by atoms with Crippen molar-refractivity contribution in [3.8, 4) is 16.9 Å². The highest BCUT2D eigenvalue weighted by Crippen LogP contribution is 2.35. The SMILES string of the molecule is COCc1nn2c(C)c(C(=O)Nc3ccccc3C(F)(F)F)nnc2c1-c1ccc(OC)cc1. The van der Waals surface area contributed by atoms with Crippen LogP contribution in [0.3, 0.4) is 0 Å². The number of nitrogens with one attached hydrogen (secondary N) is 1. The first-order valence-corrected chi connectivity index (χ1v) is 10.1. The predicted molar refractivity (Wildman–Crippen MR) is 118 cm³/mol. The molecule has 0 spiro atoms. The minimum atomic E-state index is -4.63. The van der Waals surface area contributed by atoms with Crippen LogP contribution in [0.15, 0.2) is 48.5 Å². The summed E-state index contributed by atoms with van der Waals surface area (Å²) in [5.41, 5.74) is 1.20. The second-order valence-corrected chi connectivity index (χ2v) is 7.35. The molecule has 0 saturated carbocycles. The van der Waals surface area contributed by atoms with Crippen molar-refractivity contribution in [2.45, 2.75) is 19.7 Å². The number of benzene rings is 2. The molecule has 2 aromatic carbocycles. The Bertz CT molecular complexity index is 1350. The van der Waals surface area contributed by atoms with E-state index in [2.05, 4.69) is 20.6 Å². The molecule has 0 radical (unpaired) electrons. The van der Waals surface area contributed by atoms with Crippen LogP contribution in [0.4, 0.5) is 18.9 Å². The van der Waals surface area contributed by atoms with Crippen LogP contribution in [0.25, 0.3) is 16.8 Å². The average molecular weight is 471 g/mol. The quantitative estimate of drug-likeness (QED) is 0.445. The molecule has 0 aliphatic carbocycles. The van der Waals surface area contributed by atoms with Gasteiger partial charge in [-0.2, -0.15) is 18.3 Å². The standard InChI is InChI=1S/C23H20F3N5O3/c1-13-20(22(32)27-17-7-5-4-6-16(17)23(24,25)26)28-29-21-19(18(12-33-2)30-31(13)21)14-8-10-15(34-3)11-9-14/h4-11H,12H2,1-3H3,(H,27,32). The molecule has 0 aliphatic rings. The summed E-state index contributed by atoms with van der Waals surface area (Å²) in [6.07, 6.45) is -4.63. The smallest absolute Gasteiger partial charge is 0.418 e. The van der Waals surface area contributed by atoms with E-state index in [4.69, 9.17) is 9.47 Å². The van der Waals surface area contributed by atoms with Gasteiger partial charge in [0.15, 0.2) is 11.3 Å². The predicted octanol–water partition coefficient (Wildman–Crippen LogP) is 4.53. The second kappa shape index (κ2) is 9.10. The maximum Gasteiger partial charge on any atom is 0.418 e. The summed E-state index contributed by atoms with van der Waals surface area (Å²) in [5.74, 6) is -0.160. The Labute approximate surface area is 192 Å². The number of aryl methyl sites for hydroxylation is 1. The number of ether oxygens (including phenoxy) is 2. The van der Waals surface area contributed by atoms with Gasteiger partial charge in [-0.15, -0.1) is 10.2 Å². The summed E-state index contributed by atoms with van der Waals surface area (Å²) in [4.78, 5) is 12.9. The number of hydrogen-bond acceptors (Lipinski definition) is 6. The van der Waals surface area contributed by atoms with Crippen molar-refractivity contribution >= 4 is 17.2 Å². The summed E-state index contributed by atoms with van der Waals surface area (Å²) in [5, 5.41) is 15.0. The van der Waals surface area contributed by atoms with Gasteiger partial charge in [-0.1, -0.05) is 24.3 Å². The first-order valence-electron chi connectivity index (χ1n) is 10.1. The minimum absolute atomic E-state index is 0.155. The lowest BCUT2D eigenvalue weighted by molar-refractivity contribution is -0.136. The maximum atomic E-state index is 13.3. The summed E-state index contributed by atoms with van der Waals surface area (Å²) >= 11 is 0. The Morgan fingerprint density at radius 3 is 2.41 bits per heavy atom. The van der Waals surface area contributed by atoms with Gasteiger partial charge < -0.3 is 14.8 Å². The number of alkyl halides is 3. The Morgan fingerprint density at radius 1 is 1.06 bits per heavy atom. The van der Waals surface area contributed by atoms with Crippen LogP contribution in [-0.4, -0.2) is 39.9 Å². The van der Waals surface area contributed by atoms with Crippen molar-refractivity contribution in [3.05, 3.63) is 71.2 Å². The highest BCUT2D eigenvalue weighted by Gasteiger charge is 2.34. The molecule has 1 N–H and O–H groups in total. The van der Waals surface area contributed by atoms with E-state index < -0.39 is 17.6 Å². The number of methoxy groups -OCH3 is 2. The van der Waals surface area contributed by atoms with Crippen molar-refractivity contribution in [1.29, 1.82) is 0 Å². The largest absolute Gasteiger partial charge is 0.497 e. The molecule has 2 heterocycles. The van der Waals surface area contributed by atoms with Gasteiger partial charge in [-0.25, -0.2) is 4.52 Å². The Balaban J connectivity index is 1.77. The monoisotopic (exact) mass is 471 g/mol. The summed E-state index contributed by atoms with van der Waals surface area (Å²) < 4.78 is 51.8. The number of rotatable bonds is 6. The number of nitrogens with zero attached hydrogens (tertiary/aromatic N) is 4.